The Labute approximate surface area is 157 Å². The quantitative estimate of drug-likeness (QED) is 0.636. The zero-order valence-corrected chi connectivity index (χ0v) is 16.9. The highest BCUT2D eigenvalue weighted by atomic mass is 79.9. The SMILES string of the molecule is Cc1cc2ccc(Br)cc2nc1C1CCN(C(=O)OC(C)(C)C)CC1. The molecule has 1 aliphatic rings. The number of piperidine rings is 1. The van der Waals surface area contributed by atoms with Crippen molar-refractivity contribution in [2.45, 2.75) is 52.1 Å². The van der Waals surface area contributed by atoms with Crippen LogP contribution in [0.15, 0.2) is 28.7 Å². The number of aryl methyl sites for hydroxylation is 1. The summed E-state index contributed by atoms with van der Waals surface area (Å²) in [5.74, 6) is 0.391. The van der Waals surface area contributed by atoms with Crippen molar-refractivity contribution in [1.82, 2.24) is 9.88 Å². The van der Waals surface area contributed by atoms with Crippen LogP contribution in [0, 0.1) is 6.92 Å². The van der Waals surface area contributed by atoms with E-state index in [2.05, 4.69) is 41.1 Å². The number of hydrogen-bond acceptors (Lipinski definition) is 3. The zero-order chi connectivity index (χ0) is 18.2. The Morgan fingerprint density at radius 3 is 2.56 bits per heavy atom. The van der Waals surface area contributed by atoms with E-state index in [1.807, 2.05) is 31.7 Å². The molecule has 1 saturated heterocycles. The molecule has 0 atom stereocenters. The van der Waals surface area contributed by atoms with Gasteiger partial charge in [0, 0.05) is 34.6 Å². The van der Waals surface area contributed by atoms with Crippen LogP contribution in [-0.2, 0) is 4.74 Å². The summed E-state index contributed by atoms with van der Waals surface area (Å²) in [6.45, 7) is 9.27. The van der Waals surface area contributed by atoms with E-state index in [1.54, 1.807) is 0 Å². The van der Waals surface area contributed by atoms with E-state index >= 15 is 0 Å². The molecule has 0 spiro atoms. The molecule has 3 rings (SSSR count). The number of aromatic nitrogens is 1. The predicted molar refractivity (Wildman–Crippen MR) is 104 cm³/mol. The van der Waals surface area contributed by atoms with Gasteiger partial charge in [0.25, 0.3) is 0 Å². The molecule has 0 bridgehead atoms. The van der Waals surface area contributed by atoms with E-state index in [0.717, 1.165) is 47.0 Å². The topological polar surface area (TPSA) is 42.4 Å². The van der Waals surface area contributed by atoms with Gasteiger partial charge in [-0.15, -0.1) is 0 Å². The van der Waals surface area contributed by atoms with Gasteiger partial charge in [0.2, 0.25) is 0 Å². The lowest BCUT2D eigenvalue weighted by atomic mass is 9.90. The van der Waals surface area contributed by atoms with Gasteiger partial charge in [-0.05, 0) is 64.3 Å². The second-order valence-corrected chi connectivity index (χ2v) is 8.68. The monoisotopic (exact) mass is 404 g/mol. The summed E-state index contributed by atoms with van der Waals surface area (Å²) in [4.78, 5) is 19.0. The third-order valence-electron chi connectivity index (χ3n) is 4.54. The minimum Gasteiger partial charge on any atom is -0.444 e. The van der Waals surface area contributed by atoms with Gasteiger partial charge in [-0.3, -0.25) is 4.98 Å². The summed E-state index contributed by atoms with van der Waals surface area (Å²) in [7, 11) is 0. The first-order chi connectivity index (χ1) is 11.7. The van der Waals surface area contributed by atoms with Gasteiger partial charge in [0.1, 0.15) is 5.60 Å². The van der Waals surface area contributed by atoms with Crippen LogP contribution in [0.25, 0.3) is 10.9 Å². The summed E-state index contributed by atoms with van der Waals surface area (Å²) in [6.07, 6.45) is 1.64. The lowest BCUT2D eigenvalue weighted by Gasteiger charge is -2.33. The molecule has 1 amide bonds. The third kappa shape index (κ3) is 4.32. The molecule has 4 nitrogen and oxygen atoms in total. The molecule has 0 radical (unpaired) electrons. The number of nitrogens with zero attached hydrogens (tertiary/aromatic N) is 2. The van der Waals surface area contributed by atoms with Crippen LogP contribution >= 0.6 is 15.9 Å². The molecule has 2 aromatic rings. The highest BCUT2D eigenvalue weighted by Gasteiger charge is 2.28. The number of benzene rings is 1. The first-order valence-electron chi connectivity index (χ1n) is 8.78. The number of halogens is 1. The average Bonchev–Trinajstić information content (AvgIpc) is 2.53. The molecule has 25 heavy (non-hydrogen) atoms. The number of pyridine rings is 1. The Hall–Kier alpha value is -1.62. The van der Waals surface area contributed by atoms with Gasteiger partial charge in [-0.1, -0.05) is 22.0 Å². The minimum absolute atomic E-state index is 0.210. The number of rotatable bonds is 1. The molecule has 134 valence electrons. The Balaban J connectivity index is 1.73. The van der Waals surface area contributed by atoms with E-state index < -0.39 is 5.60 Å². The first kappa shape index (κ1) is 18.2. The number of likely N-dealkylation sites (tertiary alicyclic amines) is 1. The Morgan fingerprint density at radius 1 is 1.24 bits per heavy atom. The highest BCUT2D eigenvalue weighted by Crippen LogP contribution is 2.31. The van der Waals surface area contributed by atoms with Crippen LogP contribution in [0.4, 0.5) is 4.79 Å². The van der Waals surface area contributed by atoms with Crippen molar-refractivity contribution in [3.8, 4) is 0 Å². The number of hydrogen-bond donors (Lipinski definition) is 0. The molecule has 5 heteroatoms. The fourth-order valence-electron chi connectivity index (χ4n) is 3.34. The minimum atomic E-state index is -0.447. The molecule has 1 fully saturated rings. The molecule has 2 heterocycles. The number of amides is 1. The largest absolute Gasteiger partial charge is 0.444 e. The third-order valence-corrected chi connectivity index (χ3v) is 5.04. The van der Waals surface area contributed by atoms with Crippen molar-refractivity contribution in [1.29, 1.82) is 0 Å². The second kappa shape index (κ2) is 6.94. The van der Waals surface area contributed by atoms with Gasteiger partial charge < -0.3 is 9.64 Å². The first-order valence-corrected chi connectivity index (χ1v) is 9.57. The van der Waals surface area contributed by atoms with Crippen molar-refractivity contribution < 1.29 is 9.53 Å². The van der Waals surface area contributed by atoms with Gasteiger partial charge >= 0.3 is 6.09 Å². The van der Waals surface area contributed by atoms with Gasteiger partial charge in [-0.25, -0.2) is 4.79 Å². The normalized spacial score (nSPS) is 16.3. The number of carbonyl (C=O) groups is 1. The van der Waals surface area contributed by atoms with E-state index in [9.17, 15) is 4.79 Å². The molecule has 1 aliphatic heterocycles. The Bertz CT molecular complexity index is 790. The lowest BCUT2D eigenvalue weighted by molar-refractivity contribution is 0.0204. The number of ether oxygens (including phenoxy) is 1. The van der Waals surface area contributed by atoms with Crippen LogP contribution in [0.1, 0.15) is 50.8 Å². The van der Waals surface area contributed by atoms with Gasteiger partial charge in [0.05, 0.1) is 5.52 Å². The van der Waals surface area contributed by atoms with Gasteiger partial charge in [-0.2, -0.15) is 0 Å². The van der Waals surface area contributed by atoms with Crippen LogP contribution in [0.2, 0.25) is 0 Å². The van der Waals surface area contributed by atoms with Crippen molar-refractivity contribution in [3.05, 3.63) is 40.0 Å². The molecule has 0 aliphatic carbocycles. The maximum atomic E-state index is 12.2. The lowest BCUT2D eigenvalue weighted by Crippen LogP contribution is -2.41. The zero-order valence-electron chi connectivity index (χ0n) is 15.3. The summed E-state index contributed by atoms with van der Waals surface area (Å²) in [6, 6.07) is 8.41. The maximum Gasteiger partial charge on any atom is 0.410 e. The molecular formula is C20H25BrN2O2. The second-order valence-electron chi connectivity index (χ2n) is 7.77. The van der Waals surface area contributed by atoms with E-state index in [-0.39, 0.29) is 6.09 Å². The summed E-state index contributed by atoms with van der Waals surface area (Å²) in [5.41, 5.74) is 2.96. The highest BCUT2D eigenvalue weighted by molar-refractivity contribution is 9.10. The van der Waals surface area contributed by atoms with Crippen molar-refractivity contribution in [3.63, 3.8) is 0 Å². The van der Waals surface area contributed by atoms with Crippen LogP contribution in [0.3, 0.4) is 0 Å². The summed E-state index contributed by atoms with van der Waals surface area (Å²) < 4.78 is 6.52. The molecular weight excluding hydrogens is 380 g/mol. The van der Waals surface area contributed by atoms with Crippen molar-refractivity contribution >= 4 is 32.9 Å². The number of carbonyl (C=O) groups excluding carboxylic acids is 1. The molecule has 0 saturated carbocycles. The number of fused-ring (bicyclic) bond motifs is 1. The van der Waals surface area contributed by atoms with Crippen molar-refractivity contribution in [2.24, 2.45) is 0 Å². The smallest absolute Gasteiger partial charge is 0.410 e. The predicted octanol–water partition coefficient (Wildman–Crippen LogP) is 5.42. The van der Waals surface area contributed by atoms with Gasteiger partial charge in [0.15, 0.2) is 0 Å². The Kier molecular flexibility index (Phi) is 5.05. The molecule has 0 N–H and O–H groups in total. The van der Waals surface area contributed by atoms with Crippen LogP contribution in [-0.4, -0.2) is 34.7 Å². The standard InChI is InChI=1S/C20H25BrN2O2/c1-13-11-15-5-6-16(21)12-17(15)22-18(13)14-7-9-23(10-8-14)19(24)25-20(2,3)4/h5-6,11-12,14H,7-10H2,1-4H3. The average molecular weight is 405 g/mol. The Morgan fingerprint density at radius 2 is 1.92 bits per heavy atom. The summed E-state index contributed by atoms with van der Waals surface area (Å²) >= 11 is 3.52. The van der Waals surface area contributed by atoms with Crippen LogP contribution < -0.4 is 0 Å². The summed E-state index contributed by atoms with van der Waals surface area (Å²) in [5, 5.41) is 1.16. The fraction of sp³-hybridized carbons (Fsp3) is 0.500. The fourth-order valence-corrected chi connectivity index (χ4v) is 3.69. The molecule has 0 unspecified atom stereocenters. The van der Waals surface area contributed by atoms with Crippen LogP contribution in [0.5, 0.6) is 0 Å². The maximum absolute atomic E-state index is 12.2. The van der Waals surface area contributed by atoms with Crippen molar-refractivity contribution in [2.75, 3.05) is 13.1 Å². The molecule has 1 aromatic carbocycles. The van der Waals surface area contributed by atoms with E-state index in [1.165, 1.54) is 5.56 Å². The van der Waals surface area contributed by atoms with E-state index in [0.29, 0.717) is 5.92 Å². The van der Waals surface area contributed by atoms with E-state index in [4.69, 9.17) is 9.72 Å². The molecule has 1 aromatic heterocycles.